The fourth-order valence-corrected chi connectivity index (χ4v) is 3.75. The molecular formula is C24H26N4O. The van der Waals surface area contributed by atoms with Crippen molar-refractivity contribution in [1.29, 1.82) is 0 Å². The van der Waals surface area contributed by atoms with Crippen molar-refractivity contribution in [3.8, 4) is 11.3 Å². The number of anilines is 1. The molecule has 0 saturated carbocycles. The molecule has 1 fully saturated rings. The zero-order valence-electron chi connectivity index (χ0n) is 16.4. The van der Waals surface area contributed by atoms with Gasteiger partial charge in [0.25, 0.3) is 5.91 Å². The van der Waals surface area contributed by atoms with Gasteiger partial charge in [0.2, 0.25) is 0 Å². The van der Waals surface area contributed by atoms with Gasteiger partial charge < -0.3 is 16.0 Å². The van der Waals surface area contributed by atoms with Crippen LogP contribution in [0.3, 0.4) is 0 Å². The maximum absolute atomic E-state index is 12.5. The Morgan fingerprint density at radius 3 is 2.59 bits per heavy atom. The van der Waals surface area contributed by atoms with Crippen LogP contribution in [0.25, 0.3) is 11.3 Å². The third-order valence-electron chi connectivity index (χ3n) is 5.36. The Bertz CT molecular complexity index is 956. The summed E-state index contributed by atoms with van der Waals surface area (Å²) in [5.41, 5.74) is 9.78. The summed E-state index contributed by atoms with van der Waals surface area (Å²) >= 11 is 0. The Labute approximate surface area is 171 Å². The quantitative estimate of drug-likeness (QED) is 0.681. The van der Waals surface area contributed by atoms with E-state index >= 15 is 0 Å². The van der Waals surface area contributed by atoms with Crippen LogP contribution >= 0.6 is 0 Å². The lowest BCUT2D eigenvalue weighted by molar-refractivity contribution is 0.0789. The number of nitrogens with two attached hydrogens (primary N) is 1. The fourth-order valence-electron chi connectivity index (χ4n) is 3.75. The van der Waals surface area contributed by atoms with Gasteiger partial charge in [0.1, 0.15) is 5.82 Å². The van der Waals surface area contributed by atoms with Gasteiger partial charge in [-0.3, -0.25) is 4.79 Å². The first-order valence-corrected chi connectivity index (χ1v) is 10.1. The van der Waals surface area contributed by atoms with Gasteiger partial charge in [-0.25, -0.2) is 4.98 Å². The number of benzene rings is 2. The molecule has 0 radical (unpaired) electrons. The second-order valence-corrected chi connectivity index (χ2v) is 7.45. The second kappa shape index (κ2) is 8.88. The predicted molar refractivity (Wildman–Crippen MR) is 117 cm³/mol. The third kappa shape index (κ3) is 4.81. The van der Waals surface area contributed by atoms with Gasteiger partial charge in [-0.05, 0) is 49.2 Å². The number of nitrogens with zero attached hydrogens (tertiary/aromatic N) is 2. The number of carbonyl (C=O) groups excluding carboxylic acids is 1. The Hall–Kier alpha value is -3.18. The van der Waals surface area contributed by atoms with Crippen molar-refractivity contribution in [3.05, 3.63) is 83.9 Å². The van der Waals surface area contributed by atoms with Gasteiger partial charge in [0.15, 0.2) is 0 Å². The van der Waals surface area contributed by atoms with Crippen LogP contribution in [0.5, 0.6) is 0 Å². The molecule has 1 atom stereocenters. The van der Waals surface area contributed by atoms with E-state index in [-0.39, 0.29) is 5.91 Å². The lowest BCUT2D eigenvalue weighted by Crippen LogP contribution is -2.36. The van der Waals surface area contributed by atoms with Gasteiger partial charge in [-0.15, -0.1) is 0 Å². The number of pyridine rings is 1. The molecule has 1 aliphatic rings. The molecule has 2 aromatic carbocycles. The van der Waals surface area contributed by atoms with Gasteiger partial charge in [0.05, 0.1) is 5.69 Å². The lowest BCUT2D eigenvalue weighted by Gasteiger charge is -2.17. The number of likely N-dealkylation sites (tertiary alicyclic amines) is 1. The van der Waals surface area contributed by atoms with E-state index in [4.69, 9.17) is 5.73 Å². The Morgan fingerprint density at radius 1 is 1.03 bits per heavy atom. The van der Waals surface area contributed by atoms with Crippen molar-refractivity contribution in [3.63, 3.8) is 0 Å². The number of carbonyl (C=O) groups is 1. The van der Waals surface area contributed by atoms with Crippen molar-refractivity contribution in [2.75, 3.05) is 25.4 Å². The van der Waals surface area contributed by atoms with E-state index in [9.17, 15) is 4.79 Å². The highest BCUT2D eigenvalue weighted by Crippen LogP contribution is 2.19. The number of rotatable bonds is 6. The predicted octanol–water partition coefficient (Wildman–Crippen LogP) is 3.38. The molecule has 1 aliphatic heterocycles. The van der Waals surface area contributed by atoms with Crippen molar-refractivity contribution in [1.82, 2.24) is 15.2 Å². The SMILES string of the molecule is Nc1cccc(-c2ccc(CCNC3CCN(C(=O)c4ccccc4)C3)cc2)n1. The molecule has 0 spiro atoms. The van der Waals surface area contributed by atoms with E-state index in [1.54, 1.807) is 6.07 Å². The molecule has 29 heavy (non-hydrogen) atoms. The molecule has 3 aromatic rings. The van der Waals surface area contributed by atoms with E-state index in [0.29, 0.717) is 11.9 Å². The standard InChI is InChI=1S/C24H26N4O/c25-23-8-4-7-22(27-23)19-11-9-18(10-12-19)13-15-26-21-14-16-28(17-21)24(29)20-5-2-1-3-6-20/h1-12,21,26H,13-17H2,(H2,25,27). The average Bonchev–Trinajstić information content (AvgIpc) is 3.23. The number of aromatic nitrogens is 1. The van der Waals surface area contributed by atoms with Gasteiger partial charge in [-0.2, -0.15) is 0 Å². The Kier molecular flexibility index (Phi) is 5.86. The third-order valence-corrected chi connectivity index (χ3v) is 5.36. The van der Waals surface area contributed by atoms with E-state index in [2.05, 4.69) is 34.6 Å². The molecule has 1 saturated heterocycles. The summed E-state index contributed by atoms with van der Waals surface area (Å²) in [6.07, 6.45) is 1.95. The molecule has 2 heterocycles. The molecule has 0 bridgehead atoms. The maximum Gasteiger partial charge on any atom is 0.253 e. The fraction of sp³-hybridized carbons (Fsp3) is 0.250. The summed E-state index contributed by atoms with van der Waals surface area (Å²) in [5, 5.41) is 3.60. The van der Waals surface area contributed by atoms with E-state index in [1.165, 1.54) is 5.56 Å². The van der Waals surface area contributed by atoms with E-state index in [0.717, 1.165) is 49.3 Å². The lowest BCUT2D eigenvalue weighted by atomic mass is 10.1. The largest absolute Gasteiger partial charge is 0.384 e. The van der Waals surface area contributed by atoms with Crippen LogP contribution in [0, 0.1) is 0 Å². The molecule has 5 heteroatoms. The first kappa shape index (κ1) is 19.2. The monoisotopic (exact) mass is 386 g/mol. The van der Waals surface area contributed by atoms with Crippen molar-refractivity contribution < 1.29 is 4.79 Å². The van der Waals surface area contributed by atoms with Gasteiger partial charge >= 0.3 is 0 Å². The average molecular weight is 386 g/mol. The number of nitrogen functional groups attached to an aromatic ring is 1. The summed E-state index contributed by atoms with van der Waals surface area (Å²) in [7, 11) is 0. The smallest absolute Gasteiger partial charge is 0.253 e. The summed E-state index contributed by atoms with van der Waals surface area (Å²) in [6.45, 7) is 2.48. The highest BCUT2D eigenvalue weighted by atomic mass is 16.2. The van der Waals surface area contributed by atoms with E-state index < -0.39 is 0 Å². The summed E-state index contributed by atoms with van der Waals surface area (Å²) in [4.78, 5) is 18.9. The molecule has 3 N–H and O–H groups in total. The van der Waals surface area contributed by atoms with Crippen LogP contribution in [0.1, 0.15) is 22.3 Å². The minimum atomic E-state index is 0.126. The minimum absolute atomic E-state index is 0.126. The topological polar surface area (TPSA) is 71.2 Å². The molecule has 0 aliphatic carbocycles. The van der Waals surface area contributed by atoms with Crippen LogP contribution in [0.4, 0.5) is 5.82 Å². The zero-order chi connectivity index (χ0) is 20.1. The Morgan fingerprint density at radius 2 is 1.83 bits per heavy atom. The van der Waals surface area contributed by atoms with Crippen LogP contribution in [0.2, 0.25) is 0 Å². The van der Waals surface area contributed by atoms with Gasteiger partial charge in [-0.1, -0.05) is 48.5 Å². The number of amides is 1. The number of nitrogens with one attached hydrogen (secondary N) is 1. The molecule has 5 nitrogen and oxygen atoms in total. The maximum atomic E-state index is 12.5. The van der Waals surface area contributed by atoms with Crippen molar-refractivity contribution >= 4 is 11.7 Å². The molecule has 148 valence electrons. The number of hydrogen-bond acceptors (Lipinski definition) is 4. The highest BCUT2D eigenvalue weighted by Gasteiger charge is 2.26. The van der Waals surface area contributed by atoms with Gasteiger partial charge in [0, 0.05) is 30.3 Å². The first-order valence-electron chi connectivity index (χ1n) is 10.1. The van der Waals surface area contributed by atoms with Crippen LogP contribution in [-0.4, -0.2) is 41.5 Å². The molecular weight excluding hydrogens is 360 g/mol. The summed E-state index contributed by atoms with van der Waals surface area (Å²) < 4.78 is 0. The highest BCUT2D eigenvalue weighted by molar-refractivity contribution is 5.94. The summed E-state index contributed by atoms with van der Waals surface area (Å²) in [6, 6.07) is 24.0. The molecule has 1 aromatic heterocycles. The minimum Gasteiger partial charge on any atom is -0.384 e. The van der Waals surface area contributed by atoms with Crippen molar-refractivity contribution in [2.45, 2.75) is 18.9 Å². The molecule has 1 amide bonds. The van der Waals surface area contributed by atoms with Crippen LogP contribution in [-0.2, 0) is 6.42 Å². The Balaban J connectivity index is 1.25. The number of hydrogen-bond donors (Lipinski definition) is 2. The van der Waals surface area contributed by atoms with Crippen molar-refractivity contribution in [2.24, 2.45) is 0 Å². The molecule has 4 rings (SSSR count). The summed E-state index contributed by atoms with van der Waals surface area (Å²) in [5.74, 6) is 0.660. The van der Waals surface area contributed by atoms with Crippen LogP contribution in [0.15, 0.2) is 72.8 Å². The van der Waals surface area contributed by atoms with Crippen LogP contribution < -0.4 is 11.1 Å². The molecule has 1 unspecified atom stereocenters. The second-order valence-electron chi connectivity index (χ2n) is 7.45. The van der Waals surface area contributed by atoms with E-state index in [1.807, 2.05) is 47.4 Å². The normalized spacial score (nSPS) is 16.1. The first-order chi connectivity index (χ1) is 14.2. The zero-order valence-corrected chi connectivity index (χ0v) is 16.4.